The molecule has 9 nitrogen and oxygen atoms in total. The van der Waals surface area contributed by atoms with Gasteiger partial charge >= 0.3 is 0 Å². The summed E-state index contributed by atoms with van der Waals surface area (Å²) in [5, 5.41) is 2.69. The first-order valence-electron chi connectivity index (χ1n) is 12.2. The van der Waals surface area contributed by atoms with Crippen LogP contribution in [-0.4, -0.2) is 47.4 Å². The second-order valence-corrected chi connectivity index (χ2v) is 11.5. The Kier molecular flexibility index (Phi) is 7.89. The molecule has 1 atom stereocenters. The van der Waals surface area contributed by atoms with Crippen LogP contribution in [0.5, 0.6) is 0 Å². The van der Waals surface area contributed by atoms with E-state index in [4.69, 9.17) is 0 Å². The molecule has 2 heterocycles. The highest BCUT2D eigenvalue weighted by Gasteiger charge is 2.32. The number of carbonyl (C=O) groups is 2. The van der Waals surface area contributed by atoms with Gasteiger partial charge in [-0.1, -0.05) is 42.5 Å². The van der Waals surface area contributed by atoms with Crippen molar-refractivity contribution in [2.24, 2.45) is 0 Å². The summed E-state index contributed by atoms with van der Waals surface area (Å²) in [7, 11) is -3.87. The SMILES string of the molecule is O=C(Nc1ccc(S(=O)(=O)Nc2ncccn2)cc1)c1ccc([C@H]2SCC(=O)N2CCc2ccccc2)cc1. The first-order valence-corrected chi connectivity index (χ1v) is 14.7. The van der Waals surface area contributed by atoms with Crippen molar-refractivity contribution in [2.75, 3.05) is 22.3 Å². The molecule has 1 fully saturated rings. The molecule has 39 heavy (non-hydrogen) atoms. The van der Waals surface area contributed by atoms with Crippen LogP contribution in [0.15, 0.2) is 102 Å². The zero-order chi connectivity index (χ0) is 27.2. The number of amides is 2. The van der Waals surface area contributed by atoms with Gasteiger partial charge in [0.25, 0.3) is 15.9 Å². The monoisotopic (exact) mass is 559 g/mol. The number of rotatable bonds is 9. The maximum Gasteiger partial charge on any atom is 0.264 e. The largest absolute Gasteiger partial charge is 0.326 e. The van der Waals surface area contributed by atoms with Gasteiger partial charge in [0.1, 0.15) is 5.37 Å². The Hall–Kier alpha value is -4.22. The van der Waals surface area contributed by atoms with Crippen molar-refractivity contribution in [3.8, 4) is 0 Å². The molecule has 0 saturated carbocycles. The van der Waals surface area contributed by atoms with Gasteiger partial charge in [-0.15, -0.1) is 11.8 Å². The minimum absolute atomic E-state index is 0.0118. The van der Waals surface area contributed by atoms with E-state index in [1.165, 1.54) is 42.2 Å². The number of nitrogens with zero attached hydrogens (tertiary/aromatic N) is 3. The quantitative estimate of drug-likeness (QED) is 0.313. The third-order valence-corrected chi connectivity index (χ3v) is 8.72. The van der Waals surface area contributed by atoms with Gasteiger partial charge in [0.15, 0.2) is 0 Å². The van der Waals surface area contributed by atoms with Gasteiger partial charge in [0, 0.05) is 30.2 Å². The van der Waals surface area contributed by atoms with E-state index in [-0.39, 0.29) is 28.0 Å². The van der Waals surface area contributed by atoms with Crippen molar-refractivity contribution >= 4 is 45.2 Å². The molecule has 1 aromatic heterocycles. The lowest BCUT2D eigenvalue weighted by Crippen LogP contribution is -2.30. The molecule has 0 aliphatic carbocycles. The second-order valence-electron chi connectivity index (χ2n) is 8.76. The maximum absolute atomic E-state index is 12.8. The lowest BCUT2D eigenvalue weighted by molar-refractivity contribution is -0.128. The van der Waals surface area contributed by atoms with Crippen LogP contribution >= 0.6 is 11.8 Å². The van der Waals surface area contributed by atoms with Crippen LogP contribution in [0.2, 0.25) is 0 Å². The molecule has 2 N–H and O–H groups in total. The van der Waals surface area contributed by atoms with Crippen LogP contribution in [0.25, 0.3) is 0 Å². The molecule has 4 aromatic rings. The van der Waals surface area contributed by atoms with Gasteiger partial charge in [-0.05, 0) is 60.0 Å². The number of aromatic nitrogens is 2. The minimum atomic E-state index is -3.87. The van der Waals surface area contributed by atoms with Gasteiger partial charge in [0.2, 0.25) is 11.9 Å². The van der Waals surface area contributed by atoms with Gasteiger partial charge in [0.05, 0.1) is 10.6 Å². The number of nitrogens with one attached hydrogen (secondary N) is 2. The van der Waals surface area contributed by atoms with Crippen molar-refractivity contribution in [3.05, 3.63) is 114 Å². The summed E-state index contributed by atoms with van der Waals surface area (Å²) < 4.78 is 27.4. The number of benzene rings is 3. The van der Waals surface area contributed by atoms with Crippen LogP contribution in [-0.2, 0) is 21.2 Å². The van der Waals surface area contributed by atoms with E-state index in [0.717, 1.165) is 12.0 Å². The lowest BCUT2D eigenvalue weighted by atomic mass is 10.1. The van der Waals surface area contributed by atoms with Crippen molar-refractivity contribution in [1.82, 2.24) is 14.9 Å². The molecule has 0 radical (unpaired) electrons. The molecule has 0 unspecified atom stereocenters. The first-order chi connectivity index (χ1) is 18.9. The number of hydrogen-bond acceptors (Lipinski definition) is 7. The van der Waals surface area contributed by atoms with Gasteiger partial charge in [-0.3, -0.25) is 9.59 Å². The van der Waals surface area contributed by atoms with Crippen LogP contribution in [0.3, 0.4) is 0 Å². The number of hydrogen-bond donors (Lipinski definition) is 2. The van der Waals surface area contributed by atoms with Crippen molar-refractivity contribution < 1.29 is 18.0 Å². The smallest absolute Gasteiger partial charge is 0.264 e. The Morgan fingerprint density at radius 3 is 2.31 bits per heavy atom. The normalized spacial score (nSPS) is 15.2. The van der Waals surface area contributed by atoms with E-state index < -0.39 is 10.0 Å². The molecule has 3 aromatic carbocycles. The van der Waals surface area contributed by atoms with Crippen molar-refractivity contribution in [3.63, 3.8) is 0 Å². The molecular weight excluding hydrogens is 534 g/mol. The Labute approximate surface area is 230 Å². The Morgan fingerprint density at radius 1 is 0.923 bits per heavy atom. The Balaban J connectivity index is 1.21. The fourth-order valence-corrected chi connectivity index (χ4v) is 6.29. The van der Waals surface area contributed by atoms with E-state index >= 15 is 0 Å². The third-order valence-electron chi connectivity index (χ3n) is 6.12. The predicted molar refractivity (Wildman–Crippen MR) is 151 cm³/mol. The summed E-state index contributed by atoms with van der Waals surface area (Å²) in [6.45, 7) is 0.627. The zero-order valence-electron chi connectivity index (χ0n) is 20.7. The van der Waals surface area contributed by atoms with Crippen LogP contribution in [0, 0.1) is 0 Å². The summed E-state index contributed by atoms with van der Waals surface area (Å²) in [5.74, 6) is 0.183. The summed E-state index contributed by atoms with van der Waals surface area (Å²) in [6, 6.07) is 24.6. The molecule has 0 bridgehead atoms. The second kappa shape index (κ2) is 11.7. The highest BCUT2D eigenvalue weighted by Crippen LogP contribution is 2.38. The fraction of sp³-hybridized carbons (Fsp3) is 0.143. The predicted octanol–water partition coefficient (Wildman–Crippen LogP) is 4.35. The average Bonchev–Trinajstić information content (AvgIpc) is 3.33. The third kappa shape index (κ3) is 6.44. The van der Waals surface area contributed by atoms with E-state index in [0.29, 0.717) is 23.5 Å². The molecular formula is C28H25N5O4S2. The standard InChI is InChI=1S/C28H25N5O4S2/c34-25-19-38-27(33(25)18-15-20-5-2-1-3-6-20)22-9-7-21(8-10-22)26(35)31-23-11-13-24(14-12-23)39(36,37)32-28-29-16-4-17-30-28/h1-14,16-17,27H,15,18-19H2,(H,31,35)(H,29,30,32)/t27-/m1/s1. The Morgan fingerprint density at radius 2 is 1.62 bits per heavy atom. The number of anilines is 2. The summed E-state index contributed by atoms with van der Waals surface area (Å²) in [6.07, 6.45) is 3.65. The molecule has 0 spiro atoms. The molecule has 5 rings (SSSR count). The number of sulfonamides is 1. The molecule has 2 amide bonds. The fourth-order valence-electron chi connectivity index (χ4n) is 4.12. The molecule has 1 aliphatic heterocycles. The molecule has 1 saturated heterocycles. The summed E-state index contributed by atoms with van der Waals surface area (Å²) in [4.78, 5) is 35.0. The van der Waals surface area contributed by atoms with E-state index in [1.54, 1.807) is 30.0 Å². The number of thioether (sulfide) groups is 1. The summed E-state index contributed by atoms with van der Waals surface area (Å²) in [5.41, 5.74) is 3.03. The van der Waals surface area contributed by atoms with Gasteiger partial charge < -0.3 is 10.2 Å². The Bertz CT molecular complexity index is 1550. The lowest BCUT2D eigenvalue weighted by Gasteiger charge is -2.24. The molecule has 1 aliphatic rings. The molecule has 198 valence electrons. The van der Waals surface area contributed by atoms with Gasteiger partial charge in [-0.25, -0.2) is 23.1 Å². The topological polar surface area (TPSA) is 121 Å². The van der Waals surface area contributed by atoms with Crippen LogP contribution < -0.4 is 10.0 Å². The van der Waals surface area contributed by atoms with Crippen molar-refractivity contribution in [2.45, 2.75) is 16.7 Å². The zero-order valence-corrected chi connectivity index (χ0v) is 22.4. The first kappa shape index (κ1) is 26.4. The van der Waals surface area contributed by atoms with E-state index in [9.17, 15) is 18.0 Å². The van der Waals surface area contributed by atoms with Crippen LogP contribution in [0.1, 0.15) is 26.9 Å². The van der Waals surface area contributed by atoms with E-state index in [2.05, 4.69) is 32.1 Å². The summed E-state index contributed by atoms with van der Waals surface area (Å²) >= 11 is 1.58. The maximum atomic E-state index is 12.8. The number of carbonyl (C=O) groups excluding carboxylic acids is 2. The van der Waals surface area contributed by atoms with E-state index in [1.807, 2.05) is 35.2 Å². The molecule has 11 heteroatoms. The van der Waals surface area contributed by atoms with Crippen molar-refractivity contribution in [1.29, 1.82) is 0 Å². The minimum Gasteiger partial charge on any atom is -0.326 e. The highest BCUT2D eigenvalue weighted by molar-refractivity contribution is 8.00. The highest BCUT2D eigenvalue weighted by atomic mass is 32.2. The van der Waals surface area contributed by atoms with Crippen LogP contribution in [0.4, 0.5) is 11.6 Å². The average molecular weight is 560 g/mol. The van der Waals surface area contributed by atoms with Gasteiger partial charge in [-0.2, -0.15) is 0 Å².